The van der Waals surface area contributed by atoms with Crippen LogP contribution in [0.2, 0.25) is 0 Å². The highest BCUT2D eigenvalue weighted by atomic mass is 19.1. The topological polar surface area (TPSA) is 38.8 Å². The molecule has 138 valence electrons. The third-order valence-electron chi connectivity index (χ3n) is 4.13. The van der Waals surface area contributed by atoms with Gasteiger partial charge in [-0.1, -0.05) is 0 Å². The molecule has 26 heavy (non-hydrogen) atoms. The molecule has 0 unspecified atom stereocenters. The van der Waals surface area contributed by atoms with Crippen LogP contribution in [0.15, 0.2) is 24.3 Å². The first-order valence-corrected chi connectivity index (χ1v) is 7.82. The lowest BCUT2D eigenvalue weighted by atomic mass is 10.00. The third-order valence-corrected chi connectivity index (χ3v) is 4.13. The van der Waals surface area contributed by atoms with Gasteiger partial charge < -0.3 is 14.4 Å². The summed E-state index contributed by atoms with van der Waals surface area (Å²) in [7, 11) is 1.02. The maximum Gasteiger partial charge on any atom is 0.340 e. The first kappa shape index (κ1) is 18.2. The highest BCUT2D eigenvalue weighted by Crippen LogP contribution is 2.33. The van der Waals surface area contributed by atoms with Gasteiger partial charge in [0, 0.05) is 30.4 Å². The second-order valence-electron chi connectivity index (χ2n) is 5.69. The van der Waals surface area contributed by atoms with Gasteiger partial charge >= 0.3 is 5.97 Å². The second kappa shape index (κ2) is 7.33. The quantitative estimate of drug-likeness (QED) is 0.613. The summed E-state index contributed by atoms with van der Waals surface area (Å²) >= 11 is 0. The molecular weight excluding hydrogens is 354 g/mol. The van der Waals surface area contributed by atoms with Crippen molar-refractivity contribution in [2.45, 2.75) is 0 Å². The molecule has 0 bridgehead atoms. The molecule has 0 saturated carbocycles. The zero-order valence-electron chi connectivity index (χ0n) is 13.8. The third kappa shape index (κ3) is 3.37. The van der Waals surface area contributed by atoms with E-state index in [0.717, 1.165) is 25.3 Å². The fraction of sp³-hybridized carbons (Fsp3) is 0.278. The van der Waals surface area contributed by atoms with Crippen LogP contribution in [0.5, 0.6) is 0 Å². The lowest BCUT2D eigenvalue weighted by Gasteiger charge is -2.29. The molecule has 1 aliphatic rings. The maximum absolute atomic E-state index is 14.6. The molecule has 0 radical (unpaired) electrons. The van der Waals surface area contributed by atoms with Gasteiger partial charge in [-0.15, -0.1) is 0 Å². The Hall–Kier alpha value is -2.61. The number of esters is 1. The van der Waals surface area contributed by atoms with Crippen molar-refractivity contribution in [2.24, 2.45) is 0 Å². The summed E-state index contributed by atoms with van der Waals surface area (Å²) in [4.78, 5) is 13.3. The van der Waals surface area contributed by atoms with E-state index < -0.39 is 45.9 Å². The minimum atomic E-state index is -1.19. The molecule has 4 nitrogen and oxygen atoms in total. The number of rotatable bonds is 3. The van der Waals surface area contributed by atoms with Gasteiger partial charge in [-0.2, -0.15) is 0 Å². The standard InChI is InChI=1S/C18H15F4NO3/c1-25-18(24)12-8-11(13(19)9-14(12)20)17-15(21)6-10(7-16(17)22)23-2-4-26-5-3-23/h6-9H,2-5H2,1H3. The fourth-order valence-corrected chi connectivity index (χ4v) is 2.83. The number of benzene rings is 2. The van der Waals surface area contributed by atoms with E-state index in [4.69, 9.17) is 4.74 Å². The number of hydrogen-bond donors (Lipinski definition) is 0. The van der Waals surface area contributed by atoms with Crippen LogP contribution < -0.4 is 4.90 Å². The minimum absolute atomic E-state index is 0.294. The molecule has 3 rings (SSSR count). The molecule has 0 aromatic heterocycles. The Morgan fingerprint density at radius 2 is 1.58 bits per heavy atom. The molecule has 8 heteroatoms. The predicted octanol–water partition coefficient (Wildman–Crippen LogP) is 3.53. The summed E-state index contributed by atoms with van der Waals surface area (Å²) in [5.74, 6) is -5.48. The van der Waals surface area contributed by atoms with Crippen LogP contribution in [0.25, 0.3) is 11.1 Å². The number of ether oxygens (including phenoxy) is 2. The average molecular weight is 369 g/mol. The van der Waals surface area contributed by atoms with Crippen LogP contribution in [0, 0.1) is 23.3 Å². The van der Waals surface area contributed by atoms with Gasteiger partial charge in [0.25, 0.3) is 0 Å². The summed E-state index contributed by atoms with van der Waals surface area (Å²) < 4.78 is 66.6. The van der Waals surface area contributed by atoms with E-state index in [9.17, 15) is 22.4 Å². The van der Waals surface area contributed by atoms with Crippen molar-refractivity contribution in [2.75, 3.05) is 38.3 Å². The number of methoxy groups -OCH3 is 1. The Kier molecular flexibility index (Phi) is 5.13. The van der Waals surface area contributed by atoms with Crippen molar-refractivity contribution in [3.05, 3.63) is 53.1 Å². The van der Waals surface area contributed by atoms with Crippen molar-refractivity contribution < 1.29 is 31.8 Å². The van der Waals surface area contributed by atoms with Crippen LogP contribution >= 0.6 is 0 Å². The number of anilines is 1. The van der Waals surface area contributed by atoms with Crippen molar-refractivity contribution in [3.63, 3.8) is 0 Å². The van der Waals surface area contributed by atoms with Gasteiger partial charge in [-0.25, -0.2) is 22.4 Å². The Morgan fingerprint density at radius 3 is 2.15 bits per heavy atom. The van der Waals surface area contributed by atoms with Crippen molar-refractivity contribution >= 4 is 11.7 Å². The summed E-state index contributed by atoms with van der Waals surface area (Å²) in [6.45, 7) is 1.80. The number of nitrogens with zero attached hydrogens (tertiary/aromatic N) is 1. The molecule has 0 aliphatic carbocycles. The van der Waals surface area contributed by atoms with E-state index in [0.29, 0.717) is 38.1 Å². The zero-order chi connectivity index (χ0) is 18.8. The average Bonchev–Trinajstić information content (AvgIpc) is 2.62. The van der Waals surface area contributed by atoms with Crippen LogP contribution in [0.3, 0.4) is 0 Å². The Labute approximate surface area is 146 Å². The Morgan fingerprint density at radius 1 is 0.962 bits per heavy atom. The molecule has 1 fully saturated rings. The molecule has 0 amide bonds. The number of halogens is 4. The van der Waals surface area contributed by atoms with E-state index in [1.54, 1.807) is 4.90 Å². The van der Waals surface area contributed by atoms with Gasteiger partial charge in [0.2, 0.25) is 0 Å². The van der Waals surface area contributed by atoms with Crippen molar-refractivity contribution in [3.8, 4) is 11.1 Å². The van der Waals surface area contributed by atoms with Crippen molar-refractivity contribution in [1.29, 1.82) is 0 Å². The summed E-state index contributed by atoms with van der Waals surface area (Å²) in [5.41, 5.74) is -1.55. The first-order chi connectivity index (χ1) is 12.4. The summed E-state index contributed by atoms with van der Waals surface area (Å²) in [6, 6.07) is 3.29. The molecule has 0 N–H and O–H groups in total. The highest BCUT2D eigenvalue weighted by molar-refractivity contribution is 5.91. The van der Waals surface area contributed by atoms with Gasteiger partial charge in [-0.3, -0.25) is 0 Å². The normalized spacial score (nSPS) is 14.4. The molecule has 1 heterocycles. The van der Waals surface area contributed by atoms with Crippen LogP contribution in [0.1, 0.15) is 10.4 Å². The molecule has 0 atom stereocenters. The van der Waals surface area contributed by atoms with E-state index in [1.807, 2.05) is 0 Å². The molecule has 0 spiro atoms. The number of hydrogen-bond acceptors (Lipinski definition) is 4. The van der Waals surface area contributed by atoms with Crippen LogP contribution in [0.4, 0.5) is 23.2 Å². The van der Waals surface area contributed by atoms with E-state index >= 15 is 0 Å². The lowest BCUT2D eigenvalue weighted by molar-refractivity contribution is 0.0595. The lowest BCUT2D eigenvalue weighted by Crippen LogP contribution is -2.36. The molecule has 1 saturated heterocycles. The largest absolute Gasteiger partial charge is 0.465 e. The SMILES string of the molecule is COC(=O)c1cc(-c2c(F)cc(N3CCOCC3)cc2F)c(F)cc1F. The van der Waals surface area contributed by atoms with E-state index in [-0.39, 0.29) is 0 Å². The number of carbonyl (C=O) groups is 1. The molecular formula is C18H15F4NO3. The van der Waals surface area contributed by atoms with Crippen LogP contribution in [-0.2, 0) is 9.47 Å². The van der Waals surface area contributed by atoms with Crippen molar-refractivity contribution in [1.82, 2.24) is 0 Å². The zero-order valence-corrected chi connectivity index (χ0v) is 13.8. The second-order valence-corrected chi connectivity index (χ2v) is 5.69. The van der Waals surface area contributed by atoms with E-state index in [1.165, 1.54) is 0 Å². The highest BCUT2D eigenvalue weighted by Gasteiger charge is 2.23. The monoisotopic (exact) mass is 369 g/mol. The number of carbonyl (C=O) groups excluding carboxylic acids is 1. The number of morpholine rings is 1. The predicted molar refractivity (Wildman–Crippen MR) is 86.1 cm³/mol. The Balaban J connectivity index is 2.08. The molecule has 2 aromatic rings. The van der Waals surface area contributed by atoms with Gasteiger partial charge in [0.15, 0.2) is 0 Å². The van der Waals surface area contributed by atoms with Gasteiger partial charge in [-0.05, 0) is 18.2 Å². The minimum Gasteiger partial charge on any atom is -0.465 e. The summed E-state index contributed by atoms with van der Waals surface area (Å²) in [5, 5.41) is 0. The van der Waals surface area contributed by atoms with E-state index in [2.05, 4.69) is 4.74 Å². The van der Waals surface area contributed by atoms with Crippen LogP contribution in [-0.4, -0.2) is 39.4 Å². The summed E-state index contributed by atoms with van der Waals surface area (Å²) in [6.07, 6.45) is 0. The molecule has 1 aliphatic heterocycles. The fourth-order valence-electron chi connectivity index (χ4n) is 2.83. The van der Waals surface area contributed by atoms with Gasteiger partial charge in [0.05, 0.1) is 31.5 Å². The Bertz CT molecular complexity index is 828. The van der Waals surface area contributed by atoms with Gasteiger partial charge in [0.1, 0.15) is 23.3 Å². The first-order valence-electron chi connectivity index (χ1n) is 7.82. The smallest absolute Gasteiger partial charge is 0.340 e. The maximum atomic E-state index is 14.6. The molecule has 2 aromatic carbocycles.